The molecule has 0 aliphatic carbocycles. The fraction of sp³-hybridized carbons (Fsp3) is 1.00. The van der Waals surface area contributed by atoms with Gasteiger partial charge in [0.05, 0.1) is 5.08 Å². The van der Waals surface area contributed by atoms with E-state index in [0.29, 0.717) is 0 Å². The van der Waals surface area contributed by atoms with Crippen LogP contribution in [0.3, 0.4) is 0 Å². The van der Waals surface area contributed by atoms with Crippen molar-refractivity contribution in [3.8, 4) is 0 Å². The first kappa shape index (κ1) is 7.50. The Labute approximate surface area is 51.3 Å². The van der Waals surface area contributed by atoms with E-state index in [-0.39, 0.29) is 0 Å². The second kappa shape index (κ2) is 4.65. The molecule has 1 atom stereocenters. The molecule has 0 aliphatic rings. The van der Waals surface area contributed by atoms with E-state index < -0.39 is 10.8 Å². The molecule has 0 aromatic rings. The zero-order valence-corrected chi connectivity index (χ0v) is 6.27. The minimum atomic E-state index is -0.564. The van der Waals surface area contributed by atoms with Crippen molar-refractivity contribution in [2.75, 3.05) is 17.1 Å². The standard InChI is InChI=1S/C4H10OS2/c1-3-7(5)4-6-2/h3-4H2,1-2H3. The largest absolute Gasteiger partial charge is 0.259 e. The molecule has 7 heavy (non-hydrogen) atoms. The topological polar surface area (TPSA) is 17.1 Å². The zero-order valence-electron chi connectivity index (χ0n) is 4.64. The molecule has 0 amide bonds. The van der Waals surface area contributed by atoms with Crippen LogP contribution in [-0.4, -0.2) is 21.3 Å². The predicted molar refractivity (Wildman–Crippen MR) is 37.1 cm³/mol. The van der Waals surface area contributed by atoms with Gasteiger partial charge in [0.25, 0.3) is 0 Å². The summed E-state index contributed by atoms with van der Waals surface area (Å²) < 4.78 is 10.5. The van der Waals surface area contributed by atoms with Gasteiger partial charge in [-0.3, -0.25) is 4.21 Å². The Morgan fingerprint density at radius 2 is 2.29 bits per heavy atom. The van der Waals surface area contributed by atoms with Crippen LogP contribution < -0.4 is 0 Å². The van der Waals surface area contributed by atoms with Crippen LogP contribution in [0.2, 0.25) is 0 Å². The lowest BCUT2D eigenvalue weighted by Crippen LogP contribution is -1.93. The summed E-state index contributed by atoms with van der Waals surface area (Å²) in [5, 5.41) is 0.788. The quantitative estimate of drug-likeness (QED) is 0.580. The molecule has 44 valence electrons. The lowest BCUT2D eigenvalue weighted by molar-refractivity contribution is 0.687. The first-order valence-electron chi connectivity index (χ1n) is 2.15. The van der Waals surface area contributed by atoms with Gasteiger partial charge in [0.2, 0.25) is 0 Å². The number of hydrogen-bond donors (Lipinski definition) is 0. The molecule has 0 aromatic carbocycles. The van der Waals surface area contributed by atoms with Gasteiger partial charge < -0.3 is 0 Å². The van der Waals surface area contributed by atoms with E-state index in [1.807, 2.05) is 13.2 Å². The fourth-order valence-corrected chi connectivity index (χ4v) is 1.93. The van der Waals surface area contributed by atoms with Crippen LogP contribution in [0.4, 0.5) is 0 Å². The van der Waals surface area contributed by atoms with Crippen molar-refractivity contribution >= 4 is 22.6 Å². The van der Waals surface area contributed by atoms with Crippen LogP contribution in [0, 0.1) is 0 Å². The summed E-state index contributed by atoms with van der Waals surface area (Å²) in [6, 6.07) is 0. The summed E-state index contributed by atoms with van der Waals surface area (Å²) in [6.45, 7) is 1.94. The maximum absolute atomic E-state index is 10.5. The number of hydrogen-bond acceptors (Lipinski definition) is 2. The van der Waals surface area contributed by atoms with E-state index in [0.717, 1.165) is 10.8 Å². The fourth-order valence-electron chi connectivity index (χ4n) is 0.215. The molecular formula is C4H10OS2. The normalized spacial score (nSPS) is 14.0. The Hall–Kier alpha value is 0.500. The van der Waals surface area contributed by atoms with Gasteiger partial charge in [-0.2, -0.15) is 11.8 Å². The average Bonchev–Trinajstić information content (AvgIpc) is 1.68. The molecule has 0 saturated heterocycles. The van der Waals surface area contributed by atoms with Gasteiger partial charge in [0.15, 0.2) is 0 Å². The molecule has 0 radical (unpaired) electrons. The van der Waals surface area contributed by atoms with Crippen molar-refractivity contribution in [1.82, 2.24) is 0 Å². The molecule has 3 heteroatoms. The third kappa shape index (κ3) is 4.35. The van der Waals surface area contributed by atoms with Gasteiger partial charge in [-0.25, -0.2) is 0 Å². The number of thioether (sulfide) groups is 1. The second-order valence-corrected chi connectivity index (χ2v) is 4.11. The van der Waals surface area contributed by atoms with Crippen molar-refractivity contribution in [2.24, 2.45) is 0 Å². The lowest BCUT2D eigenvalue weighted by Gasteiger charge is -1.89. The third-order valence-corrected chi connectivity index (χ3v) is 3.21. The zero-order chi connectivity index (χ0) is 5.70. The minimum absolute atomic E-state index is 0.564. The molecule has 0 saturated carbocycles. The first-order valence-corrected chi connectivity index (χ1v) is 5.03. The minimum Gasteiger partial charge on any atom is -0.259 e. The molecule has 1 nitrogen and oxygen atoms in total. The van der Waals surface area contributed by atoms with Crippen molar-refractivity contribution < 1.29 is 4.21 Å². The van der Waals surface area contributed by atoms with Gasteiger partial charge in [-0.1, -0.05) is 6.92 Å². The summed E-state index contributed by atoms with van der Waals surface area (Å²) >= 11 is 1.63. The molecule has 0 heterocycles. The van der Waals surface area contributed by atoms with E-state index in [2.05, 4.69) is 0 Å². The van der Waals surface area contributed by atoms with E-state index in [1.54, 1.807) is 11.8 Å². The lowest BCUT2D eigenvalue weighted by atomic mass is 11.0. The molecule has 0 spiro atoms. The van der Waals surface area contributed by atoms with Crippen molar-refractivity contribution in [1.29, 1.82) is 0 Å². The summed E-state index contributed by atoms with van der Waals surface area (Å²) in [5.41, 5.74) is 0. The molecular weight excluding hydrogens is 128 g/mol. The van der Waals surface area contributed by atoms with Crippen molar-refractivity contribution in [3.05, 3.63) is 0 Å². The Balaban J connectivity index is 3.00. The van der Waals surface area contributed by atoms with E-state index in [9.17, 15) is 4.21 Å². The Bertz CT molecular complexity index is 62.7. The molecule has 0 bridgehead atoms. The van der Waals surface area contributed by atoms with Crippen LogP contribution in [-0.2, 0) is 10.8 Å². The van der Waals surface area contributed by atoms with Gasteiger partial charge in [0.1, 0.15) is 0 Å². The monoisotopic (exact) mass is 138 g/mol. The molecule has 1 unspecified atom stereocenters. The molecule has 0 aromatic heterocycles. The maximum Gasteiger partial charge on any atom is 0.0689 e. The summed E-state index contributed by atoms with van der Waals surface area (Å²) in [5.74, 6) is 0.792. The van der Waals surface area contributed by atoms with Crippen LogP contribution in [0.25, 0.3) is 0 Å². The summed E-state index contributed by atoms with van der Waals surface area (Å²) in [4.78, 5) is 0. The third-order valence-electron chi connectivity index (χ3n) is 0.571. The average molecular weight is 138 g/mol. The highest BCUT2D eigenvalue weighted by Gasteiger charge is 1.88. The Morgan fingerprint density at radius 3 is 2.43 bits per heavy atom. The smallest absolute Gasteiger partial charge is 0.0689 e. The first-order chi connectivity index (χ1) is 3.31. The maximum atomic E-state index is 10.5. The Kier molecular flexibility index (Phi) is 4.99. The molecule has 0 N–H and O–H groups in total. The SMILES string of the molecule is CCS(=O)CSC. The highest BCUT2D eigenvalue weighted by atomic mass is 32.2. The van der Waals surface area contributed by atoms with Gasteiger partial charge in [0, 0.05) is 16.6 Å². The highest BCUT2D eigenvalue weighted by molar-refractivity contribution is 8.09. The second-order valence-electron chi connectivity index (χ2n) is 1.14. The van der Waals surface area contributed by atoms with Gasteiger partial charge >= 0.3 is 0 Å². The molecule has 0 rings (SSSR count). The Morgan fingerprint density at radius 1 is 1.71 bits per heavy atom. The van der Waals surface area contributed by atoms with Crippen molar-refractivity contribution in [3.63, 3.8) is 0 Å². The van der Waals surface area contributed by atoms with E-state index in [4.69, 9.17) is 0 Å². The van der Waals surface area contributed by atoms with E-state index in [1.165, 1.54) is 0 Å². The molecule has 0 aliphatic heterocycles. The van der Waals surface area contributed by atoms with E-state index >= 15 is 0 Å². The van der Waals surface area contributed by atoms with Crippen LogP contribution >= 0.6 is 11.8 Å². The summed E-state index contributed by atoms with van der Waals surface area (Å²) in [7, 11) is -0.564. The number of rotatable bonds is 3. The van der Waals surface area contributed by atoms with Crippen LogP contribution in [0.5, 0.6) is 0 Å². The van der Waals surface area contributed by atoms with Crippen molar-refractivity contribution in [2.45, 2.75) is 6.92 Å². The highest BCUT2D eigenvalue weighted by Crippen LogP contribution is 1.94. The summed E-state index contributed by atoms with van der Waals surface area (Å²) in [6.07, 6.45) is 1.97. The van der Waals surface area contributed by atoms with Gasteiger partial charge in [-0.15, -0.1) is 0 Å². The van der Waals surface area contributed by atoms with Gasteiger partial charge in [-0.05, 0) is 6.26 Å². The van der Waals surface area contributed by atoms with Crippen LogP contribution in [0.1, 0.15) is 6.92 Å². The molecule has 0 fully saturated rings. The predicted octanol–water partition coefficient (Wildman–Crippen LogP) is 1.08. The van der Waals surface area contributed by atoms with Crippen LogP contribution in [0.15, 0.2) is 0 Å².